The molecule has 1 aromatic carbocycles. The summed E-state index contributed by atoms with van der Waals surface area (Å²) >= 11 is 1.60. The molecule has 0 spiro atoms. The predicted octanol–water partition coefficient (Wildman–Crippen LogP) is 4.07. The van der Waals surface area contributed by atoms with Gasteiger partial charge < -0.3 is 10.2 Å². The van der Waals surface area contributed by atoms with Crippen molar-refractivity contribution in [3.63, 3.8) is 0 Å². The second kappa shape index (κ2) is 7.83. The fraction of sp³-hybridized carbons (Fsp3) is 0.400. The molecule has 4 nitrogen and oxygen atoms in total. The lowest BCUT2D eigenvalue weighted by Gasteiger charge is -2.27. The third-order valence-corrected chi connectivity index (χ3v) is 5.58. The Morgan fingerprint density at radius 1 is 1.28 bits per heavy atom. The molecule has 2 aromatic rings. The maximum absolute atomic E-state index is 12.8. The molecule has 3 rings (SSSR count). The van der Waals surface area contributed by atoms with E-state index in [4.69, 9.17) is 0 Å². The number of nitrogens with one attached hydrogen (secondary N) is 1. The van der Waals surface area contributed by atoms with Crippen molar-refractivity contribution < 1.29 is 9.59 Å². The zero-order valence-electron chi connectivity index (χ0n) is 14.7. The third kappa shape index (κ3) is 3.76. The average molecular weight is 356 g/mol. The summed E-state index contributed by atoms with van der Waals surface area (Å²) in [7, 11) is 0. The molecular weight excluding hydrogens is 332 g/mol. The predicted molar refractivity (Wildman–Crippen MR) is 102 cm³/mol. The van der Waals surface area contributed by atoms with Crippen molar-refractivity contribution in [2.75, 3.05) is 11.4 Å². The Hall–Kier alpha value is -2.14. The van der Waals surface area contributed by atoms with E-state index in [2.05, 4.69) is 12.2 Å². The standard InChI is InChI=1S/C20H24N2O2S/c1-3-4-11-21-20(24)16-13-18(23)22(15-9-7-14(2)8-10-15)19(16)17-6-5-12-25-17/h5-10,12,16,19H,3-4,11,13H2,1-2H3,(H,21,24). The molecule has 5 heteroatoms. The lowest BCUT2D eigenvalue weighted by molar-refractivity contribution is -0.126. The molecule has 1 aliphatic heterocycles. The van der Waals surface area contributed by atoms with Gasteiger partial charge >= 0.3 is 0 Å². The number of unbranched alkanes of at least 4 members (excludes halogenated alkanes) is 1. The second-order valence-corrected chi connectivity index (χ2v) is 7.49. The number of hydrogen-bond acceptors (Lipinski definition) is 3. The minimum atomic E-state index is -0.343. The van der Waals surface area contributed by atoms with Gasteiger partial charge in [-0.25, -0.2) is 0 Å². The zero-order chi connectivity index (χ0) is 17.8. The highest BCUT2D eigenvalue weighted by Gasteiger charge is 2.45. The summed E-state index contributed by atoms with van der Waals surface area (Å²) in [6.45, 7) is 4.79. The van der Waals surface area contributed by atoms with E-state index >= 15 is 0 Å². The second-order valence-electron chi connectivity index (χ2n) is 6.51. The SMILES string of the molecule is CCCCNC(=O)C1CC(=O)N(c2ccc(C)cc2)C1c1cccs1. The van der Waals surface area contributed by atoms with Gasteiger partial charge in [0.1, 0.15) is 0 Å². The van der Waals surface area contributed by atoms with Crippen molar-refractivity contribution in [3.8, 4) is 0 Å². The van der Waals surface area contributed by atoms with E-state index in [0.29, 0.717) is 6.54 Å². The summed E-state index contributed by atoms with van der Waals surface area (Å²) in [6, 6.07) is 11.7. The molecule has 2 heterocycles. The number of rotatable bonds is 6. The zero-order valence-corrected chi connectivity index (χ0v) is 15.5. The van der Waals surface area contributed by atoms with Crippen LogP contribution in [0.2, 0.25) is 0 Å². The number of carbonyl (C=O) groups is 2. The lowest BCUT2D eigenvalue weighted by Crippen LogP contribution is -2.35. The first kappa shape index (κ1) is 17.7. The van der Waals surface area contributed by atoms with Gasteiger partial charge in [0, 0.05) is 23.5 Å². The topological polar surface area (TPSA) is 49.4 Å². The van der Waals surface area contributed by atoms with Crippen LogP contribution in [0.25, 0.3) is 0 Å². The van der Waals surface area contributed by atoms with Crippen LogP contribution in [0.3, 0.4) is 0 Å². The number of carbonyl (C=O) groups excluding carboxylic acids is 2. The molecule has 1 fully saturated rings. The summed E-state index contributed by atoms with van der Waals surface area (Å²) in [6.07, 6.45) is 2.25. The van der Waals surface area contributed by atoms with E-state index in [1.165, 1.54) is 0 Å². The molecule has 0 bridgehead atoms. The van der Waals surface area contributed by atoms with Crippen molar-refractivity contribution >= 4 is 28.8 Å². The van der Waals surface area contributed by atoms with E-state index in [1.807, 2.05) is 48.7 Å². The summed E-state index contributed by atoms with van der Waals surface area (Å²) in [5.74, 6) is -0.350. The van der Waals surface area contributed by atoms with Gasteiger partial charge in [-0.15, -0.1) is 11.3 Å². The van der Waals surface area contributed by atoms with Gasteiger partial charge in [-0.3, -0.25) is 9.59 Å². The minimum absolute atomic E-state index is 0.0119. The van der Waals surface area contributed by atoms with Crippen LogP contribution in [-0.2, 0) is 9.59 Å². The summed E-state index contributed by atoms with van der Waals surface area (Å²) in [5.41, 5.74) is 2.01. The van der Waals surface area contributed by atoms with Crippen molar-refractivity contribution in [3.05, 3.63) is 52.2 Å². The van der Waals surface area contributed by atoms with Gasteiger partial charge in [-0.2, -0.15) is 0 Å². The third-order valence-electron chi connectivity index (χ3n) is 4.64. The lowest BCUT2D eigenvalue weighted by atomic mass is 9.97. The maximum Gasteiger partial charge on any atom is 0.228 e. The molecule has 0 radical (unpaired) electrons. The molecule has 1 aliphatic rings. The number of anilines is 1. The molecule has 2 atom stereocenters. The average Bonchev–Trinajstić information content (AvgIpc) is 3.23. The smallest absolute Gasteiger partial charge is 0.228 e. The highest BCUT2D eigenvalue weighted by atomic mass is 32.1. The molecule has 2 amide bonds. The first-order valence-corrected chi connectivity index (χ1v) is 9.69. The molecule has 132 valence electrons. The highest BCUT2D eigenvalue weighted by molar-refractivity contribution is 7.10. The summed E-state index contributed by atoms with van der Waals surface area (Å²) in [4.78, 5) is 28.3. The van der Waals surface area contributed by atoms with Gasteiger partial charge in [0.05, 0.1) is 12.0 Å². The van der Waals surface area contributed by atoms with Crippen LogP contribution < -0.4 is 10.2 Å². The van der Waals surface area contributed by atoms with Crippen molar-refractivity contribution in [2.24, 2.45) is 5.92 Å². The number of amides is 2. The van der Waals surface area contributed by atoms with Gasteiger partial charge in [0.25, 0.3) is 0 Å². The molecule has 1 aromatic heterocycles. The Bertz CT molecular complexity index is 725. The van der Waals surface area contributed by atoms with Crippen molar-refractivity contribution in [1.29, 1.82) is 0 Å². The quantitative estimate of drug-likeness (QED) is 0.793. The van der Waals surface area contributed by atoms with Gasteiger partial charge in [-0.1, -0.05) is 37.1 Å². The maximum atomic E-state index is 12.8. The largest absolute Gasteiger partial charge is 0.356 e. The van der Waals surface area contributed by atoms with Gasteiger partial charge in [-0.05, 0) is 36.9 Å². The van der Waals surface area contributed by atoms with E-state index in [9.17, 15) is 9.59 Å². The van der Waals surface area contributed by atoms with E-state index < -0.39 is 0 Å². The Labute approximate surface area is 152 Å². The first-order chi connectivity index (χ1) is 12.1. The molecule has 1 saturated heterocycles. The molecule has 2 unspecified atom stereocenters. The van der Waals surface area contributed by atoms with Crippen LogP contribution >= 0.6 is 11.3 Å². The highest BCUT2D eigenvalue weighted by Crippen LogP contribution is 2.43. The number of thiophene rings is 1. The normalized spacial score (nSPS) is 20.1. The molecule has 1 N–H and O–H groups in total. The van der Waals surface area contributed by atoms with E-state index in [0.717, 1.165) is 29.0 Å². The molecule has 0 aliphatic carbocycles. The van der Waals surface area contributed by atoms with Crippen LogP contribution in [-0.4, -0.2) is 18.4 Å². The Kier molecular flexibility index (Phi) is 5.53. The molecule has 25 heavy (non-hydrogen) atoms. The van der Waals surface area contributed by atoms with Crippen LogP contribution in [0.5, 0.6) is 0 Å². The Morgan fingerprint density at radius 2 is 2.04 bits per heavy atom. The number of hydrogen-bond donors (Lipinski definition) is 1. The van der Waals surface area contributed by atoms with E-state index in [1.54, 1.807) is 16.2 Å². The fourth-order valence-corrected chi connectivity index (χ4v) is 4.16. The number of benzene rings is 1. The number of aryl methyl sites for hydroxylation is 1. The van der Waals surface area contributed by atoms with Crippen LogP contribution in [0, 0.1) is 12.8 Å². The van der Waals surface area contributed by atoms with Crippen LogP contribution in [0.15, 0.2) is 41.8 Å². The van der Waals surface area contributed by atoms with Crippen molar-refractivity contribution in [2.45, 2.75) is 39.2 Å². The summed E-state index contributed by atoms with van der Waals surface area (Å²) in [5, 5.41) is 5.00. The number of nitrogens with zero attached hydrogens (tertiary/aromatic N) is 1. The van der Waals surface area contributed by atoms with E-state index in [-0.39, 0.29) is 30.2 Å². The Morgan fingerprint density at radius 3 is 2.68 bits per heavy atom. The Balaban J connectivity index is 1.90. The van der Waals surface area contributed by atoms with Gasteiger partial charge in [0.15, 0.2) is 0 Å². The van der Waals surface area contributed by atoms with Crippen LogP contribution in [0.4, 0.5) is 5.69 Å². The van der Waals surface area contributed by atoms with Gasteiger partial charge in [0.2, 0.25) is 11.8 Å². The summed E-state index contributed by atoms with van der Waals surface area (Å²) < 4.78 is 0. The van der Waals surface area contributed by atoms with Crippen LogP contribution in [0.1, 0.15) is 42.7 Å². The van der Waals surface area contributed by atoms with Crippen molar-refractivity contribution in [1.82, 2.24) is 5.32 Å². The first-order valence-electron chi connectivity index (χ1n) is 8.81. The molecule has 0 saturated carbocycles. The fourth-order valence-electron chi connectivity index (χ4n) is 3.28. The molecular formula is C20H24N2O2S. The minimum Gasteiger partial charge on any atom is -0.356 e. The monoisotopic (exact) mass is 356 g/mol.